The molecule has 0 aliphatic heterocycles. The van der Waals surface area contributed by atoms with Gasteiger partial charge in [0.15, 0.2) is 0 Å². The fraction of sp³-hybridized carbons (Fsp3) is 0.333. The van der Waals surface area contributed by atoms with Crippen molar-refractivity contribution in [2.45, 2.75) is 11.8 Å². The molecule has 2 amide bonds. The monoisotopic (exact) mass is 448 g/mol. The summed E-state index contributed by atoms with van der Waals surface area (Å²) in [6, 6.07) is 11.6. The molecular formula is C21H28N4O5S. The Morgan fingerprint density at radius 3 is 2.06 bits per heavy atom. The first-order chi connectivity index (χ1) is 14.5. The van der Waals surface area contributed by atoms with Crippen molar-refractivity contribution in [2.75, 3.05) is 52.0 Å². The van der Waals surface area contributed by atoms with E-state index in [-0.39, 0.29) is 29.6 Å². The molecule has 2 aromatic carbocycles. The maximum atomic E-state index is 12.5. The topological polar surface area (TPSA) is 108 Å². The van der Waals surface area contributed by atoms with Crippen molar-refractivity contribution >= 4 is 33.2 Å². The molecule has 0 aliphatic rings. The first kappa shape index (κ1) is 24.3. The summed E-state index contributed by atoms with van der Waals surface area (Å²) in [5.74, 6) is -0.343. The highest BCUT2D eigenvalue weighted by Crippen LogP contribution is 2.28. The van der Waals surface area contributed by atoms with Gasteiger partial charge in [0, 0.05) is 19.8 Å². The van der Waals surface area contributed by atoms with Crippen molar-refractivity contribution in [3.8, 4) is 5.75 Å². The number of benzene rings is 2. The summed E-state index contributed by atoms with van der Waals surface area (Å²) in [5, 5.41) is 5.42. The third-order valence-electron chi connectivity index (χ3n) is 4.39. The van der Waals surface area contributed by atoms with Gasteiger partial charge in [-0.2, -0.15) is 0 Å². The number of ether oxygens (including phenoxy) is 1. The zero-order chi connectivity index (χ0) is 23.2. The Morgan fingerprint density at radius 2 is 1.52 bits per heavy atom. The number of nitrogens with one attached hydrogen (secondary N) is 2. The van der Waals surface area contributed by atoms with Crippen molar-refractivity contribution in [1.82, 2.24) is 9.21 Å². The molecule has 0 unspecified atom stereocenters. The van der Waals surface area contributed by atoms with Crippen LogP contribution in [0.5, 0.6) is 5.75 Å². The molecule has 0 radical (unpaired) electrons. The summed E-state index contributed by atoms with van der Waals surface area (Å²) in [6.07, 6.45) is 0. The molecule has 0 aliphatic carbocycles. The van der Waals surface area contributed by atoms with Crippen LogP contribution in [0.2, 0.25) is 0 Å². The van der Waals surface area contributed by atoms with Crippen molar-refractivity contribution in [3.63, 3.8) is 0 Å². The number of carbonyl (C=O) groups is 2. The number of methoxy groups -OCH3 is 1. The Kier molecular flexibility index (Phi) is 8.14. The zero-order valence-electron chi connectivity index (χ0n) is 18.3. The molecule has 0 saturated carbocycles. The van der Waals surface area contributed by atoms with E-state index in [2.05, 4.69) is 10.6 Å². The van der Waals surface area contributed by atoms with Gasteiger partial charge < -0.3 is 15.4 Å². The summed E-state index contributed by atoms with van der Waals surface area (Å²) in [5.41, 5.74) is 2.00. The Bertz CT molecular complexity index is 1040. The van der Waals surface area contributed by atoms with Gasteiger partial charge >= 0.3 is 0 Å². The zero-order valence-corrected chi connectivity index (χ0v) is 19.1. The smallest absolute Gasteiger partial charge is 0.242 e. The van der Waals surface area contributed by atoms with Gasteiger partial charge in [-0.05, 0) is 44.3 Å². The SMILES string of the molecule is COc1ccc(S(=O)(=O)N(C)C)cc1NC(=O)CN(C)CC(=O)Nc1ccc(C)cc1. The molecule has 0 atom stereocenters. The summed E-state index contributed by atoms with van der Waals surface area (Å²) < 4.78 is 31.0. The first-order valence-corrected chi connectivity index (χ1v) is 10.9. The lowest BCUT2D eigenvalue weighted by Gasteiger charge is -2.18. The highest BCUT2D eigenvalue weighted by Gasteiger charge is 2.20. The van der Waals surface area contributed by atoms with Crippen LogP contribution in [-0.2, 0) is 19.6 Å². The molecule has 9 nitrogen and oxygen atoms in total. The number of hydrogen-bond donors (Lipinski definition) is 2. The van der Waals surface area contributed by atoms with Gasteiger partial charge in [-0.3, -0.25) is 14.5 Å². The van der Waals surface area contributed by atoms with Crippen LogP contribution in [0.1, 0.15) is 5.56 Å². The minimum atomic E-state index is -3.67. The van der Waals surface area contributed by atoms with Crippen LogP contribution in [0, 0.1) is 6.92 Å². The van der Waals surface area contributed by atoms with Crippen molar-refractivity contribution < 1.29 is 22.7 Å². The Morgan fingerprint density at radius 1 is 0.935 bits per heavy atom. The van der Waals surface area contributed by atoms with Crippen molar-refractivity contribution in [1.29, 1.82) is 0 Å². The average molecular weight is 449 g/mol. The van der Waals surface area contributed by atoms with E-state index < -0.39 is 15.9 Å². The maximum absolute atomic E-state index is 12.5. The Balaban J connectivity index is 2.01. The summed E-state index contributed by atoms with van der Waals surface area (Å²) in [7, 11) is 2.24. The molecule has 168 valence electrons. The van der Waals surface area contributed by atoms with Gasteiger partial charge in [-0.25, -0.2) is 12.7 Å². The molecule has 2 aromatic rings. The number of carbonyl (C=O) groups excluding carboxylic acids is 2. The van der Waals surface area contributed by atoms with E-state index in [4.69, 9.17) is 4.74 Å². The lowest BCUT2D eigenvalue weighted by molar-refractivity contribution is -0.119. The van der Waals surface area contributed by atoms with E-state index in [0.717, 1.165) is 9.87 Å². The lowest BCUT2D eigenvalue weighted by atomic mass is 10.2. The van der Waals surface area contributed by atoms with E-state index >= 15 is 0 Å². The van der Waals surface area contributed by atoms with Crippen LogP contribution in [0.4, 0.5) is 11.4 Å². The highest BCUT2D eigenvalue weighted by atomic mass is 32.2. The maximum Gasteiger partial charge on any atom is 0.242 e. The van der Waals surface area contributed by atoms with E-state index in [0.29, 0.717) is 11.4 Å². The second-order valence-electron chi connectivity index (χ2n) is 7.28. The van der Waals surface area contributed by atoms with Gasteiger partial charge in [0.05, 0.1) is 30.8 Å². The fourth-order valence-electron chi connectivity index (χ4n) is 2.73. The molecule has 0 fully saturated rings. The summed E-state index contributed by atoms with van der Waals surface area (Å²) in [4.78, 5) is 26.2. The molecule has 2 N–H and O–H groups in total. The predicted octanol–water partition coefficient (Wildman–Crippen LogP) is 1.76. The molecule has 0 heterocycles. The second-order valence-corrected chi connectivity index (χ2v) is 9.44. The lowest BCUT2D eigenvalue weighted by Crippen LogP contribution is -2.36. The number of rotatable bonds is 9. The summed E-state index contributed by atoms with van der Waals surface area (Å²) in [6.45, 7) is 1.89. The Hall–Kier alpha value is -2.95. The third kappa shape index (κ3) is 6.78. The van der Waals surface area contributed by atoms with Gasteiger partial charge in [0.25, 0.3) is 0 Å². The first-order valence-electron chi connectivity index (χ1n) is 9.48. The minimum absolute atomic E-state index is 0.00742. The number of anilines is 2. The normalized spacial score (nSPS) is 11.5. The van der Waals surface area contributed by atoms with E-state index in [1.165, 1.54) is 39.4 Å². The van der Waals surface area contributed by atoms with Gasteiger partial charge in [0.2, 0.25) is 21.8 Å². The number of likely N-dealkylation sites (N-methyl/N-ethyl adjacent to an activating group) is 1. The molecule has 0 spiro atoms. The largest absolute Gasteiger partial charge is 0.495 e. The number of hydrogen-bond acceptors (Lipinski definition) is 6. The average Bonchev–Trinajstić information content (AvgIpc) is 2.69. The van der Waals surface area contributed by atoms with Gasteiger partial charge in [-0.1, -0.05) is 17.7 Å². The van der Waals surface area contributed by atoms with Crippen LogP contribution in [-0.4, -0.2) is 70.8 Å². The third-order valence-corrected chi connectivity index (χ3v) is 6.20. The van der Waals surface area contributed by atoms with Crippen LogP contribution in [0.3, 0.4) is 0 Å². The fourth-order valence-corrected chi connectivity index (χ4v) is 3.66. The molecule has 0 saturated heterocycles. The Labute approximate surface area is 183 Å². The molecular weight excluding hydrogens is 420 g/mol. The standard InChI is InChI=1S/C21H28N4O5S/c1-15-6-8-16(9-7-15)22-20(26)13-25(4)14-21(27)23-18-12-17(10-11-19(18)30-5)31(28,29)24(2)3/h6-12H,13-14H2,1-5H3,(H,22,26)(H,23,27). The number of sulfonamides is 1. The second kappa shape index (κ2) is 10.4. The van der Waals surface area contributed by atoms with E-state index in [9.17, 15) is 18.0 Å². The number of aryl methyl sites for hydroxylation is 1. The molecule has 0 bridgehead atoms. The number of nitrogens with zero attached hydrogens (tertiary/aromatic N) is 2. The van der Waals surface area contributed by atoms with Crippen LogP contribution >= 0.6 is 0 Å². The highest BCUT2D eigenvalue weighted by molar-refractivity contribution is 7.89. The van der Waals surface area contributed by atoms with Gasteiger partial charge in [0.1, 0.15) is 5.75 Å². The van der Waals surface area contributed by atoms with Gasteiger partial charge in [-0.15, -0.1) is 0 Å². The number of amides is 2. The van der Waals surface area contributed by atoms with Crippen LogP contribution in [0.25, 0.3) is 0 Å². The summed E-state index contributed by atoms with van der Waals surface area (Å²) >= 11 is 0. The van der Waals surface area contributed by atoms with Crippen molar-refractivity contribution in [3.05, 3.63) is 48.0 Å². The van der Waals surface area contributed by atoms with Crippen molar-refractivity contribution in [2.24, 2.45) is 0 Å². The van der Waals surface area contributed by atoms with Crippen LogP contribution in [0.15, 0.2) is 47.4 Å². The molecule has 2 rings (SSSR count). The van der Waals surface area contributed by atoms with E-state index in [1.54, 1.807) is 24.1 Å². The van der Waals surface area contributed by atoms with E-state index in [1.807, 2.05) is 19.1 Å². The minimum Gasteiger partial charge on any atom is -0.495 e. The molecule has 0 aromatic heterocycles. The molecule has 31 heavy (non-hydrogen) atoms. The predicted molar refractivity (Wildman–Crippen MR) is 120 cm³/mol. The quantitative estimate of drug-likeness (QED) is 0.605. The van der Waals surface area contributed by atoms with Crippen LogP contribution < -0.4 is 15.4 Å². The molecule has 10 heteroatoms.